The van der Waals surface area contributed by atoms with Gasteiger partial charge in [0.2, 0.25) is 0 Å². The second-order valence-corrected chi connectivity index (χ2v) is 3.93. The minimum absolute atomic E-state index is 0.134. The Kier molecular flexibility index (Phi) is 3.63. The van der Waals surface area contributed by atoms with Gasteiger partial charge in [-0.25, -0.2) is 4.39 Å². The van der Waals surface area contributed by atoms with Crippen LogP contribution in [0.25, 0.3) is 0 Å². The molecule has 1 aromatic rings. The van der Waals surface area contributed by atoms with Gasteiger partial charge in [-0.05, 0) is 18.5 Å². The van der Waals surface area contributed by atoms with E-state index in [1.54, 1.807) is 24.0 Å². The topological polar surface area (TPSA) is 43.8 Å². The zero-order valence-corrected chi connectivity index (χ0v) is 8.94. The van der Waals surface area contributed by atoms with Crippen LogP contribution in [-0.4, -0.2) is 16.3 Å². The van der Waals surface area contributed by atoms with Crippen LogP contribution < -0.4 is 5.73 Å². The van der Waals surface area contributed by atoms with Crippen LogP contribution in [0.3, 0.4) is 0 Å². The fourth-order valence-electron chi connectivity index (χ4n) is 1.60. The van der Waals surface area contributed by atoms with Crippen molar-refractivity contribution < 1.29 is 4.39 Å². The van der Waals surface area contributed by atoms with Gasteiger partial charge in [-0.3, -0.25) is 4.68 Å². The third-order valence-corrected chi connectivity index (χ3v) is 2.65. The zero-order valence-electron chi connectivity index (χ0n) is 8.94. The third-order valence-electron chi connectivity index (χ3n) is 2.65. The molecule has 4 heteroatoms. The molecule has 0 bridgehead atoms. The monoisotopic (exact) mass is 199 g/mol. The highest BCUT2D eigenvalue weighted by molar-refractivity contribution is 5.06. The van der Waals surface area contributed by atoms with Crippen molar-refractivity contribution >= 4 is 0 Å². The number of nitrogens with zero attached hydrogens (tertiary/aromatic N) is 2. The lowest BCUT2D eigenvalue weighted by Crippen LogP contribution is -2.25. The Morgan fingerprint density at radius 1 is 1.57 bits per heavy atom. The number of aromatic nitrogens is 2. The SMILES string of the molecule is CC(C)C(CN)C(F)c1ccnn1C. The predicted molar refractivity (Wildman–Crippen MR) is 54.4 cm³/mol. The van der Waals surface area contributed by atoms with Crippen molar-refractivity contribution in [3.8, 4) is 0 Å². The number of halogens is 1. The average molecular weight is 199 g/mol. The Hall–Kier alpha value is -0.900. The lowest BCUT2D eigenvalue weighted by atomic mass is 9.89. The summed E-state index contributed by atoms with van der Waals surface area (Å²) in [6.07, 6.45) is 0.586. The van der Waals surface area contributed by atoms with E-state index in [1.165, 1.54) is 0 Å². The Balaban J connectivity index is 2.83. The molecule has 0 aliphatic heterocycles. The van der Waals surface area contributed by atoms with E-state index in [9.17, 15) is 4.39 Å². The standard InChI is InChI=1S/C10H18FN3/c1-7(2)8(6-12)10(11)9-4-5-13-14(9)3/h4-5,7-8,10H,6,12H2,1-3H3. The molecule has 0 spiro atoms. The highest BCUT2D eigenvalue weighted by Gasteiger charge is 2.26. The summed E-state index contributed by atoms with van der Waals surface area (Å²) in [6, 6.07) is 1.70. The van der Waals surface area contributed by atoms with Gasteiger partial charge >= 0.3 is 0 Å². The van der Waals surface area contributed by atoms with Gasteiger partial charge in [0.1, 0.15) is 6.17 Å². The molecule has 2 N–H and O–H groups in total. The number of nitrogens with two attached hydrogens (primary N) is 1. The summed E-state index contributed by atoms with van der Waals surface area (Å²) in [6.45, 7) is 4.34. The summed E-state index contributed by atoms with van der Waals surface area (Å²) < 4.78 is 15.6. The maximum atomic E-state index is 14.0. The largest absolute Gasteiger partial charge is 0.330 e. The smallest absolute Gasteiger partial charge is 0.146 e. The van der Waals surface area contributed by atoms with Crippen LogP contribution in [0.15, 0.2) is 12.3 Å². The van der Waals surface area contributed by atoms with E-state index in [-0.39, 0.29) is 11.8 Å². The molecule has 0 fully saturated rings. The van der Waals surface area contributed by atoms with Crippen LogP contribution in [0, 0.1) is 11.8 Å². The average Bonchev–Trinajstić information content (AvgIpc) is 2.51. The maximum absolute atomic E-state index is 14.0. The summed E-state index contributed by atoms with van der Waals surface area (Å²) in [4.78, 5) is 0. The van der Waals surface area contributed by atoms with E-state index in [4.69, 9.17) is 5.73 Å². The van der Waals surface area contributed by atoms with Gasteiger partial charge < -0.3 is 5.73 Å². The van der Waals surface area contributed by atoms with Crippen molar-refractivity contribution in [1.82, 2.24) is 9.78 Å². The quantitative estimate of drug-likeness (QED) is 0.801. The minimum Gasteiger partial charge on any atom is -0.330 e. The summed E-state index contributed by atoms with van der Waals surface area (Å²) in [5.74, 6) is 0.107. The van der Waals surface area contributed by atoms with E-state index in [1.807, 2.05) is 13.8 Å². The molecular formula is C10H18FN3. The molecule has 1 aromatic heterocycles. The van der Waals surface area contributed by atoms with Gasteiger partial charge in [0, 0.05) is 19.2 Å². The second kappa shape index (κ2) is 4.55. The summed E-state index contributed by atoms with van der Waals surface area (Å²) in [5, 5.41) is 3.95. The van der Waals surface area contributed by atoms with Crippen LogP contribution >= 0.6 is 0 Å². The van der Waals surface area contributed by atoms with E-state index in [2.05, 4.69) is 5.10 Å². The normalized spacial score (nSPS) is 15.9. The van der Waals surface area contributed by atoms with Crippen molar-refractivity contribution in [3.63, 3.8) is 0 Å². The molecule has 0 saturated heterocycles. The van der Waals surface area contributed by atoms with E-state index < -0.39 is 6.17 Å². The summed E-state index contributed by atoms with van der Waals surface area (Å²) >= 11 is 0. The van der Waals surface area contributed by atoms with Crippen molar-refractivity contribution in [1.29, 1.82) is 0 Å². The molecule has 0 aliphatic carbocycles. The molecule has 0 saturated carbocycles. The van der Waals surface area contributed by atoms with Gasteiger partial charge in [-0.2, -0.15) is 5.10 Å². The van der Waals surface area contributed by atoms with Gasteiger partial charge in [0.15, 0.2) is 0 Å². The van der Waals surface area contributed by atoms with Gasteiger partial charge in [-0.1, -0.05) is 13.8 Å². The molecule has 1 heterocycles. The van der Waals surface area contributed by atoms with E-state index in [0.29, 0.717) is 12.2 Å². The minimum atomic E-state index is -1.02. The number of rotatable bonds is 4. The number of aryl methyl sites for hydroxylation is 1. The first kappa shape index (κ1) is 11.2. The first-order chi connectivity index (χ1) is 6.57. The van der Waals surface area contributed by atoms with Gasteiger partial charge in [0.05, 0.1) is 5.69 Å². The van der Waals surface area contributed by atoms with Crippen molar-refractivity contribution in [3.05, 3.63) is 18.0 Å². The number of hydrogen-bond acceptors (Lipinski definition) is 2. The highest BCUT2D eigenvalue weighted by Crippen LogP contribution is 2.30. The predicted octanol–water partition coefficient (Wildman–Crippen LogP) is 1.66. The molecule has 0 radical (unpaired) electrons. The Bertz CT molecular complexity index is 283. The molecular weight excluding hydrogens is 181 g/mol. The van der Waals surface area contributed by atoms with Crippen molar-refractivity contribution in [2.24, 2.45) is 24.6 Å². The van der Waals surface area contributed by atoms with Crippen molar-refractivity contribution in [2.75, 3.05) is 6.54 Å². The maximum Gasteiger partial charge on any atom is 0.146 e. The van der Waals surface area contributed by atoms with Crippen LogP contribution in [0.5, 0.6) is 0 Å². The molecule has 0 aliphatic rings. The lowest BCUT2D eigenvalue weighted by molar-refractivity contribution is 0.179. The lowest BCUT2D eigenvalue weighted by Gasteiger charge is -2.22. The van der Waals surface area contributed by atoms with E-state index >= 15 is 0 Å². The first-order valence-electron chi connectivity index (χ1n) is 4.90. The van der Waals surface area contributed by atoms with Crippen LogP contribution in [0.1, 0.15) is 25.7 Å². The molecule has 2 unspecified atom stereocenters. The first-order valence-corrected chi connectivity index (χ1v) is 4.90. The molecule has 0 amide bonds. The van der Waals surface area contributed by atoms with Crippen molar-refractivity contribution in [2.45, 2.75) is 20.0 Å². The molecule has 0 aromatic carbocycles. The Labute approximate surface area is 84.1 Å². The molecule has 2 atom stereocenters. The number of alkyl halides is 1. The summed E-state index contributed by atoms with van der Waals surface area (Å²) in [7, 11) is 1.75. The molecule has 3 nitrogen and oxygen atoms in total. The van der Waals surface area contributed by atoms with E-state index in [0.717, 1.165) is 0 Å². The molecule has 1 rings (SSSR count). The van der Waals surface area contributed by atoms with Gasteiger partial charge in [0.25, 0.3) is 0 Å². The van der Waals surface area contributed by atoms with Crippen LogP contribution in [0.4, 0.5) is 4.39 Å². The third kappa shape index (κ3) is 2.12. The molecule has 80 valence electrons. The fourth-order valence-corrected chi connectivity index (χ4v) is 1.60. The zero-order chi connectivity index (χ0) is 10.7. The van der Waals surface area contributed by atoms with Gasteiger partial charge in [-0.15, -0.1) is 0 Å². The fraction of sp³-hybridized carbons (Fsp3) is 0.700. The van der Waals surface area contributed by atoms with Crippen LogP contribution in [0.2, 0.25) is 0 Å². The second-order valence-electron chi connectivity index (χ2n) is 3.93. The summed E-state index contributed by atoms with van der Waals surface area (Å²) in [5.41, 5.74) is 6.17. The Morgan fingerprint density at radius 3 is 2.57 bits per heavy atom. The van der Waals surface area contributed by atoms with Crippen LogP contribution in [-0.2, 0) is 7.05 Å². The molecule has 14 heavy (non-hydrogen) atoms. The number of hydrogen-bond donors (Lipinski definition) is 1. The highest BCUT2D eigenvalue weighted by atomic mass is 19.1. The Morgan fingerprint density at radius 2 is 2.21 bits per heavy atom.